The van der Waals surface area contributed by atoms with Gasteiger partial charge < -0.3 is 10.2 Å². The van der Waals surface area contributed by atoms with Gasteiger partial charge in [-0.1, -0.05) is 29.8 Å². The van der Waals surface area contributed by atoms with Crippen LogP contribution in [0.25, 0.3) is 0 Å². The molecule has 0 atom stereocenters. The largest absolute Gasteiger partial charge is 0.339 e. The van der Waals surface area contributed by atoms with Crippen LogP contribution in [-0.4, -0.2) is 12.5 Å². The van der Waals surface area contributed by atoms with E-state index in [2.05, 4.69) is 10.2 Å². The number of anilines is 3. The number of amides is 1. The highest BCUT2D eigenvalue weighted by atomic mass is 35.5. The SMILES string of the molecule is O=C1CCN(c2ccccc2)c2cc(Cl)ccc2N1. The molecule has 1 aliphatic rings. The summed E-state index contributed by atoms with van der Waals surface area (Å²) in [5, 5.41) is 3.57. The number of benzene rings is 2. The van der Waals surface area contributed by atoms with Gasteiger partial charge in [0.1, 0.15) is 0 Å². The van der Waals surface area contributed by atoms with E-state index in [0.29, 0.717) is 18.0 Å². The summed E-state index contributed by atoms with van der Waals surface area (Å²) in [6.45, 7) is 0.642. The third kappa shape index (κ3) is 2.42. The zero-order valence-corrected chi connectivity index (χ0v) is 11.0. The predicted octanol–water partition coefficient (Wildman–Crippen LogP) is 3.82. The van der Waals surface area contributed by atoms with Crippen molar-refractivity contribution in [3.8, 4) is 0 Å². The molecule has 0 fully saturated rings. The zero-order valence-electron chi connectivity index (χ0n) is 10.3. The van der Waals surface area contributed by atoms with Gasteiger partial charge in [0.15, 0.2) is 0 Å². The van der Waals surface area contributed by atoms with Crippen molar-refractivity contribution in [1.82, 2.24) is 0 Å². The number of carbonyl (C=O) groups is 1. The van der Waals surface area contributed by atoms with E-state index in [1.165, 1.54) is 0 Å². The second-order valence-electron chi connectivity index (χ2n) is 4.45. The molecule has 1 N–H and O–H groups in total. The van der Waals surface area contributed by atoms with Crippen LogP contribution in [0.1, 0.15) is 6.42 Å². The van der Waals surface area contributed by atoms with Gasteiger partial charge in [0.05, 0.1) is 11.4 Å². The molecule has 0 aromatic heterocycles. The lowest BCUT2D eigenvalue weighted by Crippen LogP contribution is -2.18. The predicted molar refractivity (Wildman–Crippen MR) is 78.1 cm³/mol. The topological polar surface area (TPSA) is 32.3 Å². The van der Waals surface area contributed by atoms with E-state index in [0.717, 1.165) is 17.1 Å². The molecule has 2 aromatic carbocycles. The number of nitrogens with one attached hydrogen (secondary N) is 1. The van der Waals surface area contributed by atoms with Crippen molar-refractivity contribution in [3.05, 3.63) is 53.6 Å². The van der Waals surface area contributed by atoms with Crippen molar-refractivity contribution in [3.63, 3.8) is 0 Å². The first-order valence-electron chi connectivity index (χ1n) is 6.16. The Hall–Kier alpha value is -2.00. The Bertz CT molecular complexity index is 613. The molecule has 3 nitrogen and oxygen atoms in total. The number of rotatable bonds is 1. The molecule has 0 bridgehead atoms. The molecular weight excluding hydrogens is 260 g/mol. The van der Waals surface area contributed by atoms with Crippen LogP contribution in [0.2, 0.25) is 5.02 Å². The van der Waals surface area contributed by atoms with Gasteiger partial charge >= 0.3 is 0 Å². The summed E-state index contributed by atoms with van der Waals surface area (Å²) in [6.07, 6.45) is 0.460. The van der Waals surface area contributed by atoms with Gasteiger partial charge in [0.2, 0.25) is 5.91 Å². The van der Waals surface area contributed by atoms with Crippen LogP contribution in [0.5, 0.6) is 0 Å². The molecule has 1 aliphatic heterocycles. The van der Waals surface area contributed by atoms with E-state index in [9.17, 15) is 4.79 Å². The van der Waals surface area contributed by atoms with Crippen LogP contribution in [0.3, 0.4) is 0 Å². The fourth-order valence-corrected chi connectivity index (χ4v) is 2.42. The van der Waals surface area contributed by atoms with Crippen molar-refractivity contribution in [2.45, 2.75) is 6.42 Å². The number of fused-ring (bicyclic) bond motifs is 1. The van der Waals surface area contributed by atoms with Crippen LogP contribution >= 0.6 is 11.6 Å². The number of hydrogen-bond acceptors (Lipinski definition) is 2. The summed E-state index contributed by atoms with van der Waals surface area (Å²) in [5.74, 6) is 0.0296. The molecular formula is C15H13ClN2O. The molecule has 3 rings (SSSR count). The fraction of sp³-hybridized carbons (Fsp3) is 0.133. The lowest BCUT2D eigenvalue weighted by atomic mass is 10.2. The van der Waals surface area contributed by atoms with E-state index in [1.54, 1.807) is 6.07 Å². The maximum Gasteiger partial charge on any atom is 0.226 e. The summed E-state index contributed by atoms with van der Waals surface area (Å²) in [4.78, 5) is 13.8. The first-order valence-corrected chi connectivity index (χ1v) is 6.54. The molecule has 4 heteroatoms. The van der Waals surface area contributed by atoms with Gasteiger partial charge in [-0.05, 0) is 30.3 Å². The second-order valence-corrected chi connectivity index (χ2v) is 4.88. The van der Waals surface area contributed by atoms with E-state index in [1.807, 2.05) is 42.5 Å². The number of nitrogens with zero attached hydrogens (tertiary/aromatic N) is 1. The molecule has 96 valence electrons. The summed E-state index contributed by atoms with van der Waals surface area (Å²) in [5.41, 5.74) is 2.79. The molecule has 2 aromatic rings. The lowest BCUT2D eigenvalue weighted by Gasteiger charge is -2.24. The highest BCUT2D eigenvalue weighted by molar-refractivity contribution is 6.31. The molecule has 0 saturated carbocycles. The normalized spacial score (nSPS) is 14.6. The Balaban J connectivity index is 2.11. The van der Waals surface area contributed by atoms with Gasteiger partial charge in [-0.3, -0.25) is 4.79 Å². The summed E-state index contributed by atoms with van der Waals surface area (Å²) in [7, 11) is 0. The standard InChI is InChI=1S/C15H13ClN2O/c16-11-6-7-13-14(10-11)18(9-8-15(19)17-13)12-4-2-1-3-5-12/h1-7,10H,8-9H2,(H,17,19). The summed E-state index contributed by atoms with van der Waals surface area (Å²) < 4.78 is 0. The van der Waals surface area contributed by atoms with Gasteiger partial charge in [-0.2, -0.15) is 0 Å². The molecule has 0 spiro atoms. The van der Waals surface area contributed by atoms with Crippen molar-refractivity contribution < 1.29 is 4.79 Å². The minimum Gasteiger partial charge on any atom is -0.339 e. The van der Waals surface area contributed by atoms with E-state index >= 15 is 0 Å². The van der Waals surface area contributed by atoms with Gasteiger partial charge in [0, 0.05) is 23.7 Å². The highest BCUT2D eigenvalue weighted by Gasteiger charge is 2.20. The quantitative estimate of drug-likeness (QED) is 0.856. The zero-order chi connectivity index (χ0) is 13.2. The Morgan fingerprint density at radius 2 is 1.89 bits per heavy atom. The molecule has 1 amide bonds. The minimum absolute atomic E-state index is 0.0296. The van der Waals surface area contributed by atoms with Crippen molar-refractivity contribution in [2.24, 2.45) is 0 Å². The van der Waals surface area contributed by atoms with Crippen LogP contribution in [0.15, 0.2) is 48.5 Å². The van der Waals surface area contributed by atoms with Gasteiger partial charge in [-0.25, -0.2) is 0 Å². The average molecular weight is 273 g/mol. The third-order valence-electron chi connectivity index (χ3n) is 3.16. The number of hydrogen-bond donors (Lipinski definition) is 1. The van der Waals surface area contributed by atoms with E-state index in [-0.39, 0.29) is 5.91 Å². The molecule has 0 unspecified atom stereocenters. The maximum atomic E-state index is 11.7. The molecule has 0 saturated heterocycles. The van der Waals surface area contributed by atoms with Gasteiger partial charge in [-0.15, -0.1) is 0 Å². The number of halogens is 1. The van der Waals surface area contributed by atoms with Crippen LogP contribution in [0.4, 0.5) is 17.1 Å². The third-order valence-corrected chi connectivity index (χ3v) is 3.39. The molecule has 0 aliphatic carbocycles. The van der Waals surface area contributed by atoms with Crippen LogP contribution < -0.4 is 10.2 Å². The second kappa shape index (κ2) is 4.94. The van der Waals surface area contributed by atoms with Crippen molar-refractivity contribution in [2.75, 3.05) is 16.8 Å². The van der Waals surface area contributed by atoms with Crippen LogP contribution in [0, 0.1) is 0 Å². The lowest BCUT2D eigenvalue weighted by molar-refractivity contribution is -0.115. The Morgan fingerprint density at radius 1 is 1.11 bits per heavy atom. The van der Waals surface area contributed by atoms with Crippen molar-refractivity contribution >= 4 is 34.6 Å². The van der Waals surface area contributed by atoms with Crippen molar-refractivity contribution in [1.29, 1.82) is 0 Å². The smallest absolute Gasteiger partial charge is 0.226 e. The monoisotopic (exact) mass is 272 g/mol. The Labute approximate surface area is 116 Å². The van der Waals surface area contributed by atoms with E-state index in [4.69, 9.17) is 11.6 Å². The average Bonchev–Trinajstić information content (AvgIpc) is 2.58. The summed E-state index contributed by atoms with van der Waals surface area (Å²) >= 11 is 6.08. The minimum atomic E-state index is 0.0296. The highest BCUT2D eigenvalue weighted by Crippen LogP contribution is 2.36. The molecule has 1 heterocycles. The number of para-hydroxylation sites is 1. The number of carbonyl (C=O) groups excluding carboxylic acids is 1. The van der Waals surface area contributed by atoms with E-state index < -0.39 is 0 Å². The first-order chi connectivity index (χ1) is 9.24. The Morgan fingerprint density at radius 3 is 2.68 bits per heavy atom. The van der Waals surface area contributed by atoms with Gasteiger partial charge in [0.25, 0.3) is 0 Å². The summed E-state index contributed by atoms with van der Waals surface area (Å²) in [6, 6.07) is 15.5. The molecule has 19 heavy (non-hydrogen) atoms. The Kier molecular flexibility index (Phi) is 3.13. The molecule has 0 radical (unpaired) electrons. The maximum absolute atomic E-state index is 11.7. The fourth-order valence-electron chi connectivity index (χ4n) is 2.26. The van der Waals surface area contributed by atoms with Crippen LogP contribution in [-0.2, 0) is 4.79 Å². The first kappa shape index (κ1) is 12.1.